The molecule has 2 bridgehead atoms. The molecule has 3 aliphatic rings. The Morgan fingerprint density at radius 2 is 1.52 bits per heavy atom. The Labute approximate surface area is 124 Å². The lowest BCUT2D eigenvalue weighted by molar-refractivity contribution is -0.166. The highest BCUT2D eigenvalue weighted by molar-refractivity contribution is 5.75. The van der Waals surface area contributed by atoms with Gasteiger partial charge in [0.15, 0.2) is 0 Å². The third-order valence-electron chi connectivity index (χ3n) is 3.69. The summed E-state index contributed by atoms with van der Waals surface area (Å²) >= 11 is 0. The lowest BCUT2D eigenvalue weighted by Crippen LogP contribution is -2.69. The first kappa shape index (κ1) is 15.9. The molecule has 1 saturated carbocycles. The van der Waals surface area contributed by atoms with Crippen molar-refractivity contribution in [3.63, 3.8) is 0 Å². The molecule has 7 nitrogen and oxygen atoms in total. The number of ether oxygens (including phenoxy) is 2. The SMILES string of the molecule is CC(C)OC(=O)N1[C@H]2CC[C@H]([C@H](O)C2)N1C(=O)OC(C)C. The molecule has 21 heavy (non-hydrogen) atoms. The molecule has 0 spiro atoms. The first-order valence-electron chi connectivity index (χ1n) is 7.49. The van der Waals surface area contributed by atoms with E-state index in [0.717, 1.165) is 6.42 Å². The number of nitrogens with zero attached hydrogens (tertiary/aromatic N) is 2. The molecule has 0 aromatic rings. The van der Waals surface area contributed by atoms with Crippen LogP contribution in [0, 0.1) is 0 Å². The highest BCUT2D eigenvalue weighted by Crippen LogP contribution is 2.36. The number of rotatable bonds is 2. The molecule has 0 aromatic heterocycles. The number of hydrogen-bond donors (Lipinski definition) is 1. The molecule has 1 aliphatic carbocycles. The van der Waals surface area contributed by atoms with Crippen molar-refractivity contribution in [1.29, 1.82) is 0 Å². The summed E-state index contributed by atoms with van der Waals surface area (Å²) in [5, 5.41) is 12.7. The standard InChI is InChI=1S/C14H24N2O5/c1-8(2)20-13(18)15-10-5-6-11(12(17)7-10)16(15)14(19)21-9(3)4/h8-12,17H,5-7H2,1-4H3/t10-,11+,12+/m0/s1. The number of carbonyl (C=O) groups is 2. The monoisotopic (exact) mass is 300 g/mol. The molecule has 1 N–H and O–H groups in total. The Hall–Kier alpha value is -1.50. The summed E-state index contributed by atoms with van der Waals surface area (Å²) in [4.78, 5) is 24.6. The van der Waals surface area contributed by atoms with E-state index in [1.54, 1.807) is 27.7 Å². The maximum absolute atomic E-state index is 12.3. The number of aliphatic hydroxyl groups is 1. The van der Waals surface area contributed by atoms with Crippen LogP contribution in [0.5, 0.6) is 0 Å². The minimum absolute atomic E-state index is 0.226. The van der Waals surface area contributed by atoms with Crippen molar-refractivity contribution in [2.45, 2.75) is 77.4 Å². The zero-order valence-corrected chi connectivity index (χ0v) is 13.0. The van der Waals surface area contributed by atoms with Gasteiger partial charge in [-0.25, -0.2) is 19.6 Å². The molecular weight excluding hydrogens is 276 g/mol. The van der Waals surface area contributed by atoms with Crippen LogP contribution in [-0.2, 0) is 9.47 Å². The lowest BCUT2D eigenvalue weighted by Gasteiger charge is -2.53. The molecule has 2 heterocycles. The van der Waals surface area contributed by atoms with Crippen LogP contribution in [-0.4, -0.2) is 57.7 Å². The molecule has 3 rings (SSSR count). The molecule has 3 atom stereocenters. The quantitative estimate of drug-likeness (QED) is 0.842. The van der Waals surface area contributed by atoms with Crippen molar-refractivity contribution in [1.82, 2.24) is 10.0 Å². The summed E-state index contributed by atoms with van der Waals surface area (Å²) in [6.07, 6.45) is -0.504. The summed E-state index contributed by atoms with van der Waals surface area (Å²) in [7, 11) is 0. The molecule has 2 saturated heterocycles. The van der Waals surface area contributed by atoms with E-state index in [0.29, 0.717) is 12.8 Å². The molecular formula is C14H24N2O5. The van der Waals surface area contributed by atoms with Gasteiger partial charge in [0.05, 0.1) is 30.4 Å². The van der Waals surface area contributed by atoms with Gasteiger partial charge in [0, 0.05) is 0 Å². The van der Waals surface area contributed by atoms with E-state index in [1.165, 1.54) is 10.0 Å². The average Bonchev–Trinajstić information content (AvgIpc) is 2.36. The first-order chi connectivity index (χ1) is 9.81. The number of hydrazine groups is 1. The Morgan fingerprint density at radius 1 is 1.00 bits per heavy atom. The molecule has 7 heteroatoms. The summed E-state index contributed by atoms with van der Waals surface area (Å²) < 4.78 is 10.4. The average molecular weight is 300 g/mol. The summed E-state index contributed by atoms with van der Waals surface area (Å²) in [5.74, 6) is 0. The van der Waals surface area contributed by atoms with Gasteiger partial charge in [-0.05, 0) is 47.0 Å². The minimum atomic E-state index is -0.633. The third kappa shape index (κ3) is 3.23. The van der Waals surface area contributed by atoms with Gasteiger partial charge in [-0.2, -0.15) is 0 Å². The van der Waals surface area contributed by atoms with Crippen LogP contribution in [0.2, 0.25) is 0 Å². The van der Waals surface area contributed by atoms with Gasteiger partial charge in [0.1, 0.15) is 0 Å². The molecule has 0 radical (unpaired) electrons. The van der Waals surface area contributed by atoms with Crippen LogP contribution in [0.25, 0.3) is 0 Å². The predicted molar refractivity (Wildman–Crippen MR) is 74.3 cm³/mol. The number of fused-ring (bicyclic) bond motifs is 3. The van der Waals surface area contributed by atoms with Gasteiger partial charge in [0.2, 0.25) is 0 Å². The second-order valence-corrected chi connectivity index (χ2v) is 6.16. The lowest BCUT2D eigenvalue weighted by atomic mass is 9.85. The van der Waals surface area contributed by atoms with Crippen LogP contribution in [0.3, 0.4) is 0 Å². The summed E-state index contributed by atoms with van der Waals surface area (Å²) in [6, 6.07) is -0.656. The topological polar surface area (TPSA) is 79.3 Å². The largest absolute Gasteiger partial charge is 0.445 e. The van der Waals surface area contributed by atoms with Crippen molar-refractivity contribution < 1.29 is 24.2 Å². The van der Waals surface area contributed by atoms with Crippen LogP contribution < -0.4 is 0 Å². The van der Waals surface area contributed by atoms with Crippen LogP contribution in [0.15, 0.2) is 0 Å². The second kappa shape index (κ2) is 6.09. The Bertz CT molecular complexity index is 412. The van der Waals surface area contributed by atoms with Crippen LogP contribution in [0.4, 0.5) is 9.59 Å². The summed E-state index contributed by atoms with van der Waals surface area (Å²) in [6.45, 7) is 7.00. The van der Waals surface area contributed by atoms with Crippen molar-refractivity contribution in [2.75, 3.05) is 0 Å². The fourth-order valence-corrected chi connectivity index (χ4v) is 2.92. The third-order valence-corrected chi connectivity index (χ3v) is 3.69. The van der Waals surface area contributed by atoms with Crippen molar-refractivity contribution in [3.05, 3.63) is 0 Å². The van der Waals surface area contributed by atoms with Gasteiger partial charge >= 0.3 is 12.2 Å². The van der Waals surface area contributed by atoms with E-state index in [9.17, 15) is 14.7 Å². The molecule has 2 amide bonds. The van der Waals surface area contributed by atoms with Crippen molar-refractivity contribution >= 4 is 12.2 Å². The molecule has 120 valence electrons. The maximum atomic E-state index is 12.3. The Balaban J connectivity index is 2.22. The fraction of sp³-hybridized carbons (Fsp3) is 0.857. The maximum Gasteiger partial charge on any atom is 0.429 e. The smallest absolute Gasteiger partial charge is 0.429 e. The highest BCUT2D eigenvalue weighted by atomic mass is 16.6. The predicted octanol–water partition coefficient (Wildman–Crippen LogP) is 1.89. The number of hydrogen-bond acceptors (Lipinski definition) is 5. The van der Waals surface area contributed by atoms with Gasteiger partial charge in [0.25, 0.3) is 0 Å². The van der Waals surface area contributed by atoms with Crippen molar-refractivity contribution in [3.8, 4) is 0 Å². The summed E-state index contributed by atoms with van der Waals surface area (Å²) in [5.41, 5.74) is 0. The van der Waals surface area contributed by atoms with Gasteiger partial charge in [-0.15, -0.1) is 0 Å². The highest BCUT2D eigenvalue weighted by Gasteiger charge is 2.51. The van der Waals surface area contributed by atoms with E-state index in [-0.39, 0.29) is 18.2 Å². The van der Waals surface area contributed by atoms with E-state index in [1.807, 2.05) is 0 Å². The van der Waals surface area contributed by atoms with Gasteiger partial charge in [-0.1, -0.05) is 0 Å². The van der Waals surface area contributed by atoms with Gasteiger partial charge in [-0.3, -0.25) is 0 Å². The van der Waals surface area contributed by atoms with Crippen LogP contribution in [0.1, 0.15) is 47.0 Å². The zero-order valence-electron chi connectivity index (χ0n) is 13.0. The minimum Gasteiger partial charge on any atom is -0.445 e. The van der Waals surface area contributed by atoms with E-state index < -0.39 is 24.3 Å². The van der Waals surface area contributed by atoms with Crippen LogP contribution >= 0.6 is 0 Å². The number of amides is 2. The normalized spacial score (nSPS) is 28.2. The van der Waals surface area contributed by atoms with E-state index in [4.69, 9.17) is 9.47 Å². The fourth-order valence-electron chi connectivity index (χ4n) is 2.92. The Morgan fingerprint density at radius 3 is 2.00 bits per heavy atom. The Kier molecular flexibility index (Phi) is 4.61. The molecule has 0 aromatic carbocycles. The van der Waals surface area contributed by atoms with Crippen molar-refractivity contribution in [2.24, 2.45) is 0 Å². The van der Waals surface area contributed by atoms with E-state index in [2.05, 4.69) is 0 Å². The molecule has 2 aliphatic heterocycles. The molecule has 0 unspecified atom stereocenters. The number of aliphatic hydroxyl groups excluding tert-OH is 1. The molecule has 3 fully saturated rings. The zero-order chi connectivity index (χ0) is 15.7. The second-order valence-electron chi connectivity index (χ2n) is 6.16. The van der Waals surface area contributed by atoms with E-state index >= 15 is 0 Å². The first-order valence-corrected chi connectivity index (χ1v) is 7.49. The number of carbonyl (C=O) groups excluding carboxylic acids is 2. The van der Waals surface area contributed by atoms with Gasteiger partial charge < -0.3 is 14.6 Å².